The van der Waals surface area contributed by atoms with E-state index in [9.17, 15) is 0 Å². The summed E-state index contributed by atoms with van der Waals surface area (Å²) in [4.78, 5) is 0. The predicted octanol–water partition coefficient (Wildman–Crippen LogP) is 5.92. The van der Waals surface area contributed by atoms with E-state index in [4.69, 9.17) is 9.47 Å². The molecule has 2 aromatic carbocycles. The van der Waals surface area contributed by atoms with Crippen LogP contribution in [0, 0.1) is 0 Å². The zero-order chi connectivity index (χ0) is 18.9. The Labute approximate surface area is 164 Å². The number of hydrogen-bond donors (Lipinski definition) is 0. The molecule has 28 heavy (non-hydrogen) atoms. The van der Waals surface area contributed by atoms with Crippen molar-refractivity contribution in [3.63, 3.8) is 0 Å². The van der Waals surface area contributed by atoms with Gasteiger partial charge in [0, 0.05) is 29.3 Å². The van der Waals surface area contributed by atoms with Crippen LogP contribution >= 0.6 is 0 Å². The van der Waals surface area contributed by atoms with Crippen LogP contribution in [-0.4, -0.2) is 11.5 Å². The van der Waals surface area contributed by atoms with Gasteiger partial charge in [-0.25, -0.2) is 0 Å². The van der Waals surface area contributed by atoms with Crippen molar-refractivity contribution in [1.82, 2.24) is 4.40 Å². The lowest BCUT2D eigenvalue weighted by molar-refractivity contribution is 0.186. The smallest absolute Gasteiger partial charge is 0.119 e. The highest BCUT2D eigenvalue weighted by Gasteiger charge is 2.16. The van der Waals surface area contributed by atoms with E-state index in [-0.39, 0.29) is 0 Å². The standard InChI is InChI=1S/C25H21NO2/c1-27-17-20-14-21-8-5-9-22-15-24(25(20)26(21)22)19-10-12-23(13-11-19)28-16-18-6-3-2-4-7-18/h2-15H,16-17H2,1H3. The Kier molecular flexibility index (Phi) is 4.22. The average molecular weight is 367 g/mol. The molecule has 0 bridgehead atoms. The van der Waals surface area contributed by atoms with Gasteiger partial charge in [-0.1, -0.05) is 48.5 Å². The van der Waals surface area contributed by atoms with E-state index in [0.29, 0.717) is 13.2 Å². The minimum Gasteiger partial charge on any atom is -0.489 e. The molecule has 138 valence electrons. The van der Waals surface area contributed by atoms with Crippen LogP contribution in [0.1, 0.15) is 11.1 Å². The molecule has 5 aromatic rings. The van der Waals surface area contributed by atoms with Crippen LogP contribution in [0.2, 0.25) is 0 Å². The van der Waals surface area contributed by atoms with Gasteiger partial charge in [0.25, 0.3) is 0 Å². The molecule has 0 spiro atoms. The summed E-state index contributed by atoms with van der Waals surface area (Å²) in [7, 11) is 1.74. The maximum atomic E-state index is 5.93. The van der Waals surface area contributed by atoms with Gasteiger partial charge in [-0.2, -0.15) is 0 Å². The zero-order valence-electron chi connectivity index (χ0n) is 15.8. The van der Waals surface area contributed by atoms with Gasteiger partial charge in [-0.05, 0) is 47.5 Å². The molecule has 3 nitrogen and oxygen atoms in total. The van der Waals surface area contributed by atoms with Gasteiger partial charge in [0.05, 0.1) is 12.1 Å². The van der Waals surface area contributed by atoms with Gasteiger partial charge in [-0.15, -0.1) is 0 Å². The molecule has 0 saturated heterocycles. The second-order valence-corrected chi connectivity index (χ2v) is 7.02. The topological polar surface area (TPSA) is 22.9 Å². The summed E-state index contributed by atoms with van der Waals surface area (Å²) in [6.45, 7) is 1.18. The summed E-state index contributed by atoms with van der Waals surface area (Å²) in [5, 5.41) is 0. The van der Waals surface area contributed by atoms with Crippen molar-refractivity contribution < 1.29 is 9.47 Å². The predicted molar refractivity (Wildman–Crippen MR) is 113 cm³/mol. The Balaban J connectivity index is 1.48. The Bertz CT molecular complexity index is 1210. The second-order valence-electron chi connectivity index (χ2n) is 7.02. The molecule has 0 unspecified atom stereocenters. The first-order valence-electron chi connectivity index (χ1n) is 9.45. The minimum atomic E-state index is 0.575. The fraction of sp³-hybridized carbons (Fsp3) is 0.120. The molecule has 0 radical (unpaired) electrons. The minimum absolute atomic E-state index is 0.575. The molecule has 5 rings (SSSR count). The molecule has 3 aromatic heterocycles. The summed E-state index contributed by atoms with van der Waals surface area (Å²) in [6.07, 6.45) is 0. The normalized spacial score (nSPS) is 11.5. The van der Waals surface area contributed by atoms with E-state index in [1.54, 1.807) is 7.11 Å². The average Bonchev–Trinajstić information content (AvgIpc) is 3.31. The van der Waals surface area contributed by atoms with E-state index in [2.05, 4.69) is 59.0 Å². The van der Waals surface area contributed by atoms with Gasteiger partial charge in [0.1, 0.15) is 12.4 Å². The number of nitrogens with zero attached hydrogens (tertiary/aromatic N) is 1. The molecule has 3 heteroatoms. The Morgan fingerprint density at radius 2 is 1.50 bits per heavy atom. The van der Waals surface area contributed by atoms with Crippen LogP contribution in [0.15, 0.2) is 84.9 Å². The Morgan fingerprint density at radius 3 is 2.25 bits per heavy atom. The van der Waals surface area contributed by atoms with Gasteiger partial charge in [0.15, 0.2) is 0 Å². The Morgan fingerprint density at radius 1 is 0.750 bits per heavy atom. The van der Waals surface area contributed by atoms with E-state index >= 15 is 0 Å². The monoisotopic (exact) mass is 367 g/mol. The number of rotatable bonds is 6. The number of pyridine rings is 1. The summed E-state index contributed by atoms with van der Waals surface area (Å²) < 4.78 is 13.7. The van der Waals surface area contributed by atoms with Crippen LogP contribution < -0.4 is 4.74 Å². The number of benzene rings is 2. The molecule has 0 saturated carbocycles. The summed E-state index contributed by atoms with van der Waals surface area (Å²) in [6, 6.07) is 29.4. The van der Waals surface area contributed by atoms with Crippen LogP contribution in [0.4, 0.5) is 0 Å². The van der Waals surface area contributed by atoms with Crippen molar-refractivity contribution in [3.05, 3.63) is 96.1 Å². The van der Waals surface area contributed by atoms with Crippen LogP contribution in [0.3, 0.4) is 0 Å². The van der Waals surface area contributed by atoms with Gasteiger partial charge in [-0.3, -0.25) is 0 Å². The summed E-state index contributed by atoms with van der Waals surface area (Å²) >= 11 is 0. The van der Waals surface area contributed by atoms with Crippen molar-refractivity contribution in [1.29, 1.82) is 0 Å². The lowest BCUT2D eigenvalue weighted by Crippen LogP contribution is -1.94. The highest BCUT2D eigenvalue weighted by Crippen LogP contribution is 2.35. The molecule has 0 aliphatic carbocycles. The maximum Gasteiger partial charge on any atom is 0.119 e. The van der Waals surface area contributed by atoms with E-state index in [0.717, 1.165) is 5.75 Å². The molecule has 0 amide bonds. The highest BCUT2D eigenvalue weighted by molar-refractivity contribution is 5.93. The maximum absolute atomic E-state index is 5.93. The van der Waals surface area contributed by atoms with Crippen molar-refractivity contribution in [2.75, 3.05) is 7.11 Å². The lowest BCUT2D eigenvalue weighted by atomic mass is 10.1. The van der Waals surface area contributed by atoms with Gasteiger partial charge >= 0.3 is 0 Å². The van der Waals surface area contributed by atoms with Crippen LogP contribution in [0.25, 0.3) is 27.7 Å². The van der Waals surface area contributed by atoms with Crippen molar-refractivity contribution in [2.24, 2.45) is 0 Å². The molecule has 0 fully saturated rings. The van der Waals surface area contributed by atoms with Crippen LogP contribution in [-0.2, 0) is 18.0 Å². The summed E-state index contributed by atoms with van der Waals surface area (Å²) in [5.74, 6) is 0.876. The summed E-state index contributed by atoms with van der Waals surface area (Å²) in [5.41, 5.74) is 8.42. The highest BCUT2D eigenvalue weighted by atomic mass is 16.5. The molecule has 0 N–H and O–H groups in total. The molecular weight excluding hydrogens is 346 g/mol. The Hall–Kier alpha value is -3.30. The second kappa shape index (κ2) is 7.02. The van der Waals surface area contributed by atoms with Gasteiger partial charge < -0.3 is 13.9 Å². The number of aromatic nitrogens is 1. The van der Waals surface area contributed by atoms with Crippen molar-refractivity contribution in [2.45, 2.75) is 13.2 Å². The first kappa shape index (κ1) is 16.8. The fourth-order valence-electron chi connectivity index (χ4n) is 3.88. The molecule has 0 aliphatic rings. The number of hydrogen-bond acceptors (Lipinski definition) is 2. The lowest BCUT2D eigenvalue weighted by Gasteiger charge is -2.07. The molecule has 0 atom stereocenters. The number of methoxy groups -OCH3 is 1. The zero-order valence-corrected chi connectivity index (χ0v) is 15.8. The molecule has 3 heterocycles. The molecular formula is C25H21NO2. The van der Waals surface area contributed by atoms with Crippen LogP contribution in [0.5, 0.6) is 5.75 Å². The third kappa shape index (κ3) is 2.90. The largest absolute Gasteiger partial charge is 0.489 e. The third-order valence-corrected chi connectivity index (χ3v) is 5.16. The third-order valence-electron chi connectivity index (χ3n) is 5.16. The van der Waals surface area contributed by atoms with Crippen molar-refractivity contribution in [3.8, 4) is 16.9 Å². The SMILES string of the molecule is COCc1cc2cccc3cc(-c4ccc(OCc5ccccc5)cc4)c1n23. The molecule has 0 aliphatic heterocycles. The van der Waals surface area contributed by atoms with Gasteiger partial charge in [0.2, 0.25) is 0 Å². The number of ether oxygens (including phenoxy) is 2. The first-order chi connectivity index (χ1) is 13.8. The first-order valence-corrected chi connectivity index (χ1v) is 9.45. The van der Waals surface area contributed by atoms with E-state index < -0.39 is 0 Å². The van der Waals surface area contributed by atoms with E-state index in [1.165, 1.54) is 38.8 Å². The fourth-order valence-corrected chi connectivity index (χ4v) is 3.88. The van der Waals surface area contributed by atoms with E-state index in [1.807, 2.05) is 30.3 Å². The van der Waals surface area contributed by atoms with Crippen molar-refractivity contribution >= 4 is 16.6 Å². The quantitative estimate of drug-likeness (QED) is 0.372.